The highest BCUT2D eigenvalue weighted by Gasteiger charge is 2.22. The molecule has 6 heteroatoms. The number of carbonyl (C=O) groups excluding carboxylic acids is 1. The Morgan fingerprint density at radius 1 is 1.08 bits per heavy atom. The summed E-state index contributed by atoms with van der Waals surface area (Å²) < 4.78 is 3.57. The van der Waals surface area contributed by atoms with Crippen LogP contribution in [0, 0.1) is 20.8 Å². The van der Waals surface area contributed by atoms with Crippen molar-refractivity contribution in [2.45, 2.75) is 33.7 Å². The molecular weight excluding hydrogens is 314 g/mol. The lowest BCUT2D eigenvalue weighted by Crippen LogP contribution is -2.27. The van der Waals surface area contributed by atoms with Crippen LogP contribution in [-0.4, -0.2) is 25.5 Å². The maximum Gasteiger partial charge on any atom is 0.255 e. The van der Waals surface area contributed by atoms with Gasteiger partial charge >= 0.3 is 0 Å². The third-order valence-corrected chi connectivity index (χ3v) is 4.38. The molecule has 3 rings (SSSR count). The number of benzene rings is 1. The van der Waals surface area contributed by atoms with Crippen molar-refractivity contribution in [3.8, 4) is 5.69 Å². The molecule has 3 aromatic rings. The van der Waals surface area contributed by atoms with E-state index in [9.17, 15) is 4.79 Å². The number of hydrogen-bond donors (Lipinski definition) is 1. The highest BCUT2D eigenvalue weighted by Crippen LogP contribution is 2.20. The summed E-state index contributed by atoms with van der Waals surface area (Å²) in [6.07, 6.45) is 1.94. The Balaban J connectivity index is 1.88. The van der Waals surface area contributed by atoms with Gasteiger partial charge in [0, 0.05) is 18.8 Å². The zero-order valence-electron chi connectivity index (χ0n) is 15.2. The predicted molar refractivity (Wildman–Crippen MR) is 96.9 cm³/mol. The molecule has 2 heterocycles. The summed E-state index contributed by atoms with van der Waals surface area (Å²) in [6, 6.07) is 9.70. The minimum Gasteiger partial charge on any atom is -0.345 e. The molecule has 2 aromatic heterocycles. The van der Waals surface area contributed by atoms with Gasteiger partial charge in [-0.2, -0.15) is 10.2 Å². The molecule has 0 fully saturated rings. The van der Waals surface area contributed by atoms with Crippen LogP contribution in [0.25, 0.3) is 5.69 Å². The largest absolute Gasteiger partial charge is 0.345 e. The van der Waals surface area contributed by atoms with Gasteiger partial charge in [0.1, 0.15) is 0 Å². The number of nitrogens with zero attached hydrogens (tertiary/aromatic N) is 4. The zero-order valence-corrected chi connectivity index (χ0v) is 15.2. The summed E-state index contributed by atoms with van der Waals surface area (Å²) in [4.78, 5) is 12.8. The van der Waals surface area contributed by atoms with Crippen LogP contribution in [0.5, 0.6) is 0 Å². The number of hydrogen-bond acceptors (Lipinski definition) is 3. The summed E-state index contributed by atoms with van der Waals surface area (Å²) in [5, 5.41) is 12.0. The van der Waals surface area contributed by atoms with Gasteiger partial charge in [-0.05, 0) is 39.8 Å². The van der Waals surface area contributed by atoms with E-state index in [1.54, 1.807) is 4.68 Å². The van der Waals surface area contributed by atoms with E-state index < -0.39 is 0 Å². The summed E-state index contributed by atoms with van der Waals surface area (Å²) in [7, 11) is 1.88. The number of para-hydroxylation sites is 1. The first-order chi connectivity index (χ1) is 11.9. The normalized spacial score (nSPS) is 12.2. The number of aromatic nitrogens is 4. The van der Waals surface area contributed by atoms with E-state index >= 15 is 0 Å². The Bertz CT molecular complexity index is 908. The molecular formula is C19H23N5O. The van der Waals surface area contributed by atoms with Crippen molar-refractivity contribution in [1.29, 1.82) is 0 Å². The summed E-state index contributed by atoms with van der Waals surface area (Å²) in [6.45, 7) is 7.69. The number of rotatable bonds is 4. The van der Waals surface area contributed by atoms with Crippen molar-refractivity contribution in [3.63, 3.8) is 0 Å². The molecule has 0 aliphatic carbocycles. The maximum absolute atomic E-state index is 12.8. The highest BCUT2D eigenvalue weighted by molar-refractivity contribution is 5.96. The van der Waals surface area contributed by atoms with Crippen LogP contribution in [0.15, 0.2) is 36.5 Å². The lowest BCUT2D eigenvalue weighted by molar-refractivity contribution is 0.0938. The molecule has 0 saturated heterocycles. The molecule has 25 heavy (non-hydrogen) atoms. The van der Waals surface area contributed by atoms with Crippen molar-refractivity contribution in [1.82, 2.24) is 24.9 Å². The van der Waals surface area contributed by atoms with Crippen LogP contribution >= 0.6 is 0 Å². The summed E-state index contributed by atoms with van der Waals surface area (Å²) in [5.41, 5.74) is 5.05. The fourth-order valence-electron chi connectivity index (χ4n) is 3.18. The van der Waals surface area contributed by atoms with E-state index in [2.05, 4.69) is 15.5 Å². The minimum absolute atomic E-state index is 0.118. The van der Waals surface area contributed by atoms with Gasteiger partial charge in [-0.15, -0.1) is 0 Å². The molecule has 1 atom stereocenters. The average Bonchev–Trinajstić information content (AvgIpc) is 3.06. The SMILES string of the molecule is Cc1nn(C)cc1C(C)NC(=O)c1c(C)nn(-c2ccccc2)c1C. The number of amides is 1. The van der Waals surface area contributed by atoms with Gasteiger partial charge in [-0.3, -0.25) is 9.48 Å². The molecule has 1 unspecified atom stereocenters. The Hall–Kier alpha value is -2.89. The minimum atomic E-state index is -0.125. The number of nitrogens with one attached hydrogen (secondary N) is 1. The lowest BCUT2D eigenvalue weighted by Gasteiger charge is -2.13. The van der Waals surface area contributed by atoms with E-state index in [-0.39, 0.29) is 11.9 Å². The van der Waals surface area contributed by atoms with Gasteiger partial charge in [0.25, 0.3) is 5.91 Å². The van der Waals surface area contributed by atoms with Crippen LogP contribution < -0.4 is 5.32 Å². The highest BCUT2D eigenvalue weighted by atomic mass is 16.1. The second-order valence-electron chi connectivity index (χ2n) is 6.33. The first-order valence-electron chi connectivity index (χ1n) is 8.31. The molecule has 0 spiro atoms. The van der Waals surface area contributed by atoms with Crippen molar-refractivity contribution in [2.75, 3.05) is 0 Å². The third kappa shape index (κ3) is 3.20. The van der Waals surface area contributed by atoms with Crippen LogP contribution in [0.3, 0.4) is 0 Å². The summed E-state index contributed by atoms with van der Waals surface area (Å²) in [5.74, 6) is -0.118. The Morgan fingerprint density at radius 3 is 2.36 bits per heavy atom. The van der Waals surface area contributed by atoms with Gasteiger partial charge in [0.2, 0.25) is 0 Å². The fraction of sp³-hybridized carbons (Fsp3) is 0.316. The molecule has 0 saturated carbocycles. The van der Waals surface area contributed by atoms with Crippen molar-refractivity contribution in [3.05, 3.63) is 64.7 Å². The first kappa shape index (κ1) is 17.0. The Morgan fingerprint density at radius 2 is 1.76 bits per heavy atom. The molecule has 1 N–H and O–H groups in total. The van der Waals surface area contributed by atoms with Crippen LogP contribution in [0.2, 0.25) is 0 Å². The lowest BCUT2D eigenvalue weighted by atomic mass is 10.1. The topological polar surface area (TPSA) is 64.7 Å². The van der Waals surface area contributed by atoms with E-state index in [1.807, 2.05) is 76.0 Å². The van der Waals surface area contributed by atoms with Gasteiger partial charge in [0.15, 0.2) is 0 Å². The molecule has 1 amide bonds. The van der Waals surface area contributed by atoms with E-state index in [0.717, 1.165) is 22.6 Å². The molecule has 0 bridgehead atoms. The monoisotopic (exact) mass is 337 g/mol. The number of aryl methyl sites for hydroxylation is 3. The van der Waals surface area contributed by atoms with Gasteiger partial charge < -0.3 is 5.32 Å². The van der Waals surface area contributed by atoms with Crippen LogP contribution in [0.1, 0.15) is 46.0 Å². The summed E-state index contributed by atoms with van der Waals surface area (Å²) >= 11 is 0. The van der Waals surface area contributed by atoms with E-state index in [1.165, 1.54) is 0 Å². The predicted octanol–water partition coefficient (Wildman–Crippen LogP) is 3.02. The van der Waals surface area contributed by atoms with Crippen LogP contribution in [-0.2, 0) is 7.05 Å². The van der Waals surface area contributed by atoms with Gasteiger partial charge in [0.05, 0.1) is 34.4 Å². The average molecular weight is 337 g/mol. The quantitative estimate of drug-likeness (QED) is 0.796. The van der Waals surface area contributed by atoms with Crippen molar-refractivity contribution in [2.24, 2.45) is 7.05 Å². The second-order valence-corrected chi connectivity index (χ2v) is 6.33. The Kier molecular flexibility index (Phi) is 4.44. The van der Waals surface area contributed by atoms with E-state index in [0.29, 0.717) is 11.3 Å². The Labute approximate surface area is 147 Å². The van der Waals surface area contributed by atoms with Gasteiger partial charge in [-0.1, -0.05) is 18.2 Å². The molecule has 1 aromatic carbocycles. The van der Waals surface area contributed by atoms with Crippen LogP contribution in [0.4, 0.5) is 0 Å². The van der Waals surface area contributed by atoms with E-state index in [4.69, 9.17) is 0 Å². The fourth-order valence-corrected chi connectivity index (χ4v) is 3.18. The molecule has 0 aliphatic rings. The standard InChI is InChI=1S/C19H23N5O/c1-12(17-11-23(5)21-13(17)2)20-19(25)18-14(3)22-24(15(18)4)16-9-7-6-8-10-16/h6-12H,1-5H3,(H,20,25). The first-order valence-corrected chi connectivity index (χ1v) is 8.31. The second kappa shape index (κ2) is 6.55. The number of carbonyl (C=O) groups is 1. The zero-order chi connectivity index (χ0) is 18.1. The molecule has 0 aliphatic heterocycles. The van der Waals surface area contributed by atoms with Crippen molar-refractivity contribution >= 4 is 5.91 Å². The van der Waals surface area contributed by atoms with Crippen molar-refractivity contribution < 1.29 is 4.79 Å². The molecule has 0 radical (unpaired) electrons. The maximum atomic E-state index is 12.8. The smallest absolute Gasteiger partial charge is 0.255 e. The molecule has 130 valence electrons. The molecule has 6 nitrogen and oxygen atoms in total. The third-order valence-electron chi connectivity index (χ3n) is 4.38. The van der Waals surface area contributed by atoms with Gasteiger partial charge in [-0.25, -0.2) is 4.68 Å².